The topological polar surface area (TPSA) is 19.0 Å². The quantitative estimate of drug-likeness (QED) is 0.305. The van der Waals surface area contributed by atoms with Gasteiger partial charge in [0.2, 0.25) is 0 Å². The van der Waals surface area contributed by atoms with E-state index in [-0.39, 0.29) is 0 Å². The van der Waals surface area contributed by atoms with Crippen LogP contribution in [-0.4, -0.2) is 4.98 Å². The van der Waals surface area contributed by atoms with Crippen LogP contribution < -0.4 is 4.90 Å². The number of benzene rings is 4. The molecule has 6 rings (SSSR count). The molecule has 1 aliphatic rings. The van der Waals surface area contributed by atoms with Gasteiger partial charge in [-0.05, 0) is 78.9 Å². The smallest absolute Gasteiger partial charge is 0.0487 e. The van der Waals surface area contributed by atoms with Gasteiger partial charge in [-0.3, -0.25) is 0 Å². The molecule has 0 atom stereocenters. The van der Waals surface area contributed by atoms with Crippen LogP contribution in [0.1, 0.15) is 24.0 Å². The maximum atomic E-state index is 3.53. The molecule has 33 heavy (non-hydrogen) atoms. The van der Waals surface area contributed by atoms with Gasteiger partial charge in [0.05, 0.1) is 0 Å². The van der Waals surface area contributed by atoms with Crippen LogP contribution in [0.15, 0.2) is 115 Å². The molecule has 1 heterocycles. The van der Waals surface area contributed by atoms with Crippen molar-refractivity contribution in [2.45, 2.75) is 19.8 Å². The minimum absolute atomic E-state index is 1.00. The zero-order valence-electron chi connectivity index (χ0n) is 18.8. The van der Waals surface area contributed by atoms with Crippen LogP contribution in [0.3, 0.4) is 0 Å². The van der Waals surface area contributed by atoms with Crippen molar-refractivity contribution in [1.82, 2.24) is 4.98 Å². The number of para-hydroxylation sites is 3. The molecule has 0 amide bonds. The van der Waals surface area contributed by atoms with E-state index in [9.17, 15) is 0 Å². The van der Waals surface area contributed by atoms with Gasteiger partial charge in [-0.1, -0.05) is 66.7 Å². The molecule has 0 unspecified atom stereocenters. The standard InChI is InChI=1S/C31H26N2/c1-22-9-5-8-14-31(22)33(25-10-3-2-4-11-25)26-18-15-23(16-19-26)24-17-20-30-28(21-24)27-12-6-7-13-29(27)32-30/h2-15,17-18,20-21,32H,16,19H2,1H3. The first-order chi connectivity index (χ1) is 16.3. The number of anilines is 2. The van der Waals surface area contributed by atoms with Crippen LogP contribution in [0.4, 0.5) is 11.4 Å². The molecule has 1 aromatic heterocycles. The minimum atomic E-state index is 1.00. The fourth-order valence-electron chi connectivity index (χ4n) is 4.95. The zero-order chi connectivity index (χ0) is 22.2. The minimum Gasteiger partial charge on any atom is -0.355 e. The molecule has 1 N–H and O–H groups in total. The molecular formula is C31H26N2. The average molecular weight is 427 g/mol. The maximum absolute atomic E-state index is 3.53. The summed E-state index contributed by atoms with van der Waals surface area (Å²) in [5, 5.41) is 2.58. The number of allylic oxidation sites excluding steroid dienone is 4. The zero-order valence-corrected chi connectivity index (χ0v) is 18.8. The van der Waals surface area contributed by atoms with Crippen molar-refractivity contribution in [1.29, 1.82) is 0 Å². The van der Waals surface area contributed by atoms with E-state index in [0.717, 1.165) is 12.8 Å². The van der Waals surface area contributed by atoms with E-state index in [4.69, 9.17) is 0 Å². The van der Waals surface area contributed by atoms with Gasteiger partial charge in [-0.25, -0.2) is 0 Å². The van der Waals surface area contributed by atoms with Crippen LogP contribution in [0, 0.1) is 6.92 Å². The number of hydrogen-bond acceptors (Lipinski definition) is 1. The Balaban J connectivity index is 1.41. The molecule has 1 aliphatic carbocycles. The van der Waals surface area contributed by atoms with E-state index in [1.54, 1.807) is 0 Å². The number of nitrogens with zero attached hydrogens (tertiary/aromatic N) is 1. The summed E-state index contributed by atoms with van der Waals surface area (Å²) in [5.41, 5.74) is 10.1. The van der Waals surface area contributed by atoms with Crippen molar-refractivity contribution in [3.05, 3.63) is 126 Å². The summed E-state index contributed by atoms with van der Waals surface area (Å²) in [4.78, 5) is 5.94. The molecule has 0 fully saturated rings. The number of rotatable bonds is 4. The first kappa shape index (κ1) is 19.6. The van der Waals surface area contributed by atoms with Gasteiger partial charge < -0.3 is 9.88 Å². The SMILES string of the molecule is Cc1ccccc1N(C1=CC=C(c2ccc3[nH]c4ccccc4c3c2)CC1)c1ccccc1. The Labute approximate surface area is 194 Å². The molecule has 0 bridgehead atoms. The van der Waals surface area contributed by atoms with Crippen LogP contribution in [0.25, 0.3) is 27.4 Å². The summed E-state index contributed by atoms with van der Waals surface area (Å²) in [5.74, 6) is 0. The first-order valence-electron chi connectivity index (χ1n) is 11.6. The van der Waals surface area contributed by atoms with Gasteiger partial charge >= 0.3 is 0 Å². The number of fused-ring (bicyclic) bond motifs is 3. The van der Waals surface area contributed by atoms with Crippen molar-refractivity contribution in [2.75, 3.05) is 4.90 Å². The summed E-state index contributed by atoms with van der Waals surface area (Å²) in [6, 6.07) is 34.7. The Bertz CT molecular complexity index is 1520. The van der Waals surface area contributed by atoms with E-state index >= 15 is 0 Å². The van der Waals surface area contributed by atoms with Gasteiger partial charge in [0.15, 0.2) is 0 Å². The van der Waals surface area contributed by atoms with Crippen molar-refractivity contribution < 1.29 is 0 Å². The number of H-pyrrole nitrogens is 1. The lowest BCUT2D eigenvalue weighted by Gasteiger charge is -2.31. The van der Waals surface area contributed by atoms with Crippen molar-refractivity contribution >= 4 is 38.8 Å². The highest BCUT2D eigenvalue weighted by molar-refractivity contribution is 6.08. The largest absolute Gasteiger partial charge is 0.355 e. The van der Waals surface area contributed by atoms with E-state index in [2.05, 4.69) is 126 Å². The molecule has 160 valence electrons. The van der Waals surface area contributed by atoms with E-state index < -0.39 is 0 Å². The Kier molecular flexibility index (Phi) is 4.84. The van der Waals surface area contributed by atoms with Gasteiger partial charge in [0.1, 0.15) is 0 Å². The molecule has 5 aromatic rings. The molecular weight excluding hydrogens is 400 g/mol. The fourth-order valence-corrected chi connectivity index (χ4v) is 4.95. The van der Waals surface area contributed by atoms with Crippen LogP contribution >= 0.6 is 0 Å². The molecule has 2 nitrogen and oxygen atoms in total. The second-order valence-corrected chi connectivity index (χ2v) is 8.74. The number of aromatic nitrogens is 1. The maximum Gasteiger partial charge on any atom is 0.0487 e. The van der Waals surface area contributed by atoms with Gasteiger partial charge in [-0.15, -0.1) is 0 Å². The lowest BCUT2D eigenvalue weighted by molar-refractivity contribution is 0.928. The average Bonchev–Trinajstić information content (AvgIpc) is 3.24. The van der Waals surface area contributed by atoms with Crippen LogP contribution in [0.5, 0.6) is 0 Å². The van der Waals surface area contributed by atoms with E-state index in [1.807, 2.05) is 0 Å². The number of aryl methyl sites for hydroxylation is 1. The molecule has 0 spiro atoms. The van der Waals surface area contributed by atoms with Gasteiger partial charge in [-0.2, -0.15) is 0 Å². The molecule has 0 radical (unpaired) electrons. The Morgan fingerprint density at radius 3 is 2.24 bits per heavy atom. The highest BCUT2D eigenvalue weighted by Gasteiger charge is 2.19. The number of hydrogen-bond donors (Lipinski definition) is 1. The molecule has 0 saturated carbocycles. The summed E-state index contributed by atoms with van der Waals surface area (Å²) in [6.07, 6.45) is 6.64. The van der Waals surface area contributed by atoms with Crippen molar-refractivity contribution in [3.63, 3.8) is 0 Å². The second-order valence-electron chi connectivity index (χ2n) is 8.74. The lowest BCUT2D eigenvalue weighted by atomic mass is 9.93. The molecule has 2 heteroatoms. The highest BCUT2D eigenvalue weighted by Crippen LogP contribution is 2.38. The van der Waals surface area contributed by atoms with Crippen molar-refractivity contribution in [3.8, 4) is 0 Å². The molecule has 0 saturated heterocycles. The molecule has 0 aliphatic heterocycles. The number of aromatic amines is 1. The molecule has 4 aromatic carbocycles. The van der Waals surface area contributed by atoms with Gasteiger partial charge in [0.25, 0.3) is 0 Å². The Morgan fingerprint density at radius 1 is 0.667 bits per heavy atom. The summed E-state index contributed by atoms with van der Waals surface area (Å²) in [7, 11) is 0. The monoisotopic (exact) mass is 426 g/mol. The van der Waals surface area contributed by atoms with Crippen LogP contribution in [-0.2, 0) is 0 Å². The normalized spacial score (nSPS) is 13.7. The second kappa shape index (κ2) is 8.14. The third kappa shape index (κ3) is 3.54. The van der Waals surface area contributed by atoms with Crippen LogP contribution in [0.2, 0.25) is 0 Å². The van der Waals surface area contributed by atoms with E-state index in [0.29, 0.717) is 0 Å². The highest BCUT2D eigenvalue weighted by atomic mass is 15.1. The third-order valence-electron chi connectivity index (χ3n) is 6.66. The van der Waals surface area contributed by atoms with E-state index in [1.165, 1.54) is 55.6 Å². The van der Waals surface area contributed by atoms with Crippen molar-refractivity contribution in [2.24, 2.45) is 0 Å². The van der Waals surface area contributed by atoms with Gasteiger partial charge in [0, 0.05) is 38.9 Å². The first-order valence-corrected chi connectivity index (χ1v) is 11.6. The predicted molar refractivity (Wildman–Crippen MR) is 141 cm³/mol. The Hall–Kier alpha value is -4.04. The summed E-state index contributed by atoms with van der Waals surface area (Å²) < 4.78 is 0. The Morgan fingerprint density at radius 2 is 1.42 bits per heavy atom. The summed E-state index contributed by atoms with van der Waals surface area (Å²) in [6.45, 7) is 2.19. The fraction of sp³-hybridized carbons (Fsp3) is 0.0968. The summed E-state index contributed by atoms with van der Waals surface area (Å²) >= 11 is 0. The third-order valence-corrected chi connectivity index (χ3v) is 6.66. The lowest BCUT2D eigenvalue weighted by Crippen LogP contribution is -2.18. The predicted octanol–water partition coefficient (Wildman–Crippen LogP) is 8.53. The number of nitrogens with one attached hydrogen (secondary N) is 1.